The zero-order chi connectivity index (χ0) is 14.7. The fraction of sp³-hybridized carbons (Fsp3) is 0. The minimum Gasteiger partial charge on any atom is -0.234 e. The lowest BCUT2D eigenvalue weighted by atomic mass is 10.3. The van der Waals surface area contributed by atoms with E-state index in [1.54, 1.807) is 11.8 Å². The highest BCUT2D eigenvalue weighted by atomic mass is 35.5. The average Bonchev–Trinajstić information content (AvgIpc) is 2.82. The summed E-state index contributed by atoms with van der Waals surface area (Å²) in [6, 6.07) is 18.3. The smallest absolute Gasteiger partial charge is 0.147 e. The molecule has 0 aliphatic heterocycles. The summed E-state index contributed by atoms with van der Waals surface area (Å²) in [6.07, 6.45) is 0. The van der Waals surface area contributed by atoms with Crippen LogP contribution < -0.4 is 4.67 Å². The fourth-order valence-electron chi connectivity index (χ4n) is 1.66. The summed E-state index contributed by atoms with van der Waals surface area (Å²) in [4.78, 5) is 6.92. The molecular weight excluding hydrogens is 361 g/mol. The third-order valence-corrected chi connectivity index (χ3v) is 7.18. The molecule has 1 aromatic heterocycles. The fourth-order valence-corrected chi connectivity index (χ4v) is 5.32. The SMILES string of the molecule is Clc1ssc(=Nc2ccccc2Sc2ccccc2)c1Cl. The maximum atomic E-state index is 6.16. The molecule has 0 fully saturated rings. The summed E-state index contributed by atoms with van der Waals surface area (Å²) < 4.78 is 1.35. The Balaban J connectivity index is 2.01. The first-order valence-corrected chi connectivity index (χ1v) is 9.77. The topological polar surface area (TPSA) is 12.4 Å². The minimum atomic E-state index is 0.534. The van der Waals surface area contributed by atoms with Gasteiger partial charge < -0.3 is 0 Å². The number of para-hydroxylation sites is 1. The lowest BCUT2D eigenvalue weighted by Gasteiger charge is -2.04. The lowest BCUT2D eigenvalue weighted by molar-refractivity contribution is 1.31. The van der Waals surface area contributed by atoms with Gasteiger partial charge in [0, 0.05) is 9.79 Å². The molecule has 0 radical (unpaired) electrons. The van der Waals surface area contributed by atoms with Crippen LogP contribution in [0.25, 0.3) is 0 Å². The van der Waals surface area contributed by atoms with Crippen LogP contribution in [0.5, 0.6) is 0 Å². The Morgan fingerprint density at radius 1 is 0.857 bits per heavy atom. The van der Waals surface area contributed by atoms with Crippen molar-refractivity contribution in [3.63, 3.8) is 0 Å². The standard InChI is InChI=1S/C15H9Cl2NS3/c16-13-14(17)20-21-15(13)18-11-8-4-5-9-12(11)19-10-6-2-1-3-7-10/h1-9H. The Labute approximate surface area is 144 Å². The molecule has 0 aliphatic carbocycles. The number of nitrogens with zero attached hydrogens (tertiary/aromatic N) is 1. The molecule has 0 amide bonds. The lowest BCUT2D eigenvalue weighted by Crippen LogP contribution is -1.92. The van der Waals surface area contributed by atoms with E-state index in [-0.39, 0.29) is 0 Å². The largest absolute Gasteiger partial charge is 0.234 e. The van der Waals surface area contributed by atoms with Crippen LogP contribution >= 0.6 is 55.6 Å². The van der Waals surface area contributed by atoms with Gasteiger partial charge in [0.15, 0.2) is 0 Å². The molecule has 3 aromatic rings. The summed E-state index contributed by atoms with van der Waals surface area (Å²) in [6.45, 7) is 0. The van der Waals surface area contributed by atoms with E-state index in [4.69, 9.17) is 23.2 Å². The second-order valence-corrected chi connectivity index (χ2v) is 8.28. The zero-order valence-corrected chi connectivity index (χ0v) is 14.6. The molecule has 0 aliphatic rings. The van der Waals surface area contributed by atoms with Crippen molar-refractivity contribution in [3.8, 4) is 0 Å². The second-order valence-electron chi connectivity index (χ2n) is 4.05. The van der Waals surface area contributed by atoms with Crippen molar-refractivity contribution in [1.82, 2.24) is 0 Å². The number of hydrogen-bond acceptors (Lipinski definition) is 4. The number of hydrogen-bond donors (Lipinski definition) is 0. The highest BCUT2D eigenvalue weighted by Gasteiger charge is 2.06. The second kappa shape index (κ2) is 6.99. The maximum absolute atomic E-state index is 6.16. The van der Waals surface area contributed by atoms with E-state index in [0.29, 0.717) is 9.36 Å². The molecule has 3 rings (SSSR count). The predicted molar refractivity (Wildman–Crippen MR) is 94.4 cm³/mol. The van der Waals surface area contributed by atoms with Crippen LogP contribution in [0.2, 0.25) is 9.36 Å². The molecule has 106 valence electrons. The summed E-state index contributed by atoms with van der Waals surface area (Å²) >= 11 is 13.8. The van der Waals surface area contributed by atoms with Crippen LogP contribution in [0.3, 0.4) is 0 Å². The van der Waals surface area contributed by atoms with Gasteiger partial charge in [-0.25, -0.2) is 4.99 Å². The first-order chi connectivity index (χ1) is 10.2. The number of rotatable bonds is 3. The van der Waals surface area contributed by atoms with Gasteiger partial charge in [0.05, 0.1) is 5.69 Å². The van der Waals surface area contributed by atoms with Gasteiger partial charge in [-0.3, -0.25) is 0 Å². The molecule has 0 spiro atoms. The summed E-state index contributed by atoms with van der Waals surface area (Å²) in [5.41, 5.74) is 0.902. The van der Waals surface area contributed by atoms with Crippen LogP contribution in [0.4, 0.5) is 5.69 Å². The molecule has 0 unspecified atom stereocenters. The molecule has 0 saturated carbocycles. The van der Waals surface area contributed by atoms with Crippen LogP contribution in [-0.4, -0.2) is 0 Å². The molecule has 0 atom stereocenters. The number of benzene rings is 2. The maximum Gasteiger partial charge on any atom is 0.147 e. The number of halogens is 2. The molecule has 21 heavy (non-hydrogen) atoms. The van der Waals surface area contributed by atoms with E-state index in [1.165, 1.54) is 25.6 Å². The Hall–Kier alpha value is -0.780. The summed E-state index contributed by atoms with van der Waals surface area (Å²) in [5.74, 6) is 0. The van der Waals surface area contributed by atoms with E-state index >= 15 is 0 Å². The molecule has 0 N–H and O–H groups in total. The van der Waals surface area contributed by atoms with Gasteiger partial charge in [-0.15, -0.1) is 0 Å². The van der Waals surface area contributed by atoms with E-state index < -0.39 is 0 Å². The van der Waals surface area contributed by atoms with E-state index in [9.17, 15) is 0 Å². The molecular formula is C15H9Cl2NS3. The Kier molecular flexibility index (Phi) is 5.03. The Bertz CT molecular complexity index is 809. The normalized spacial score (nSPS) is 11.8. The summed E-state index contributed by atoms with van der Waals surface area (Å²) in [7, 11) is 2.92. The van der Waals surface area contributed by atoms with Crippen molar-refractivity contribution in [1.29, 1.82) is 0 Å². The quantitative estimate of drug-likeness (QED) is 0.479. The van der Waals surface area contributed by atoms with Gasteiger partial charge in [0.25, 0.3) is 0 Å². The molecule has 6 heteroatoms. The molecule has 2 aromatic carbocycles. The third kappa shape index (κ3) is 3.71. The predicted octanol–water partition coefficient (Wildman–Crippen LogP) is 6.50. The van der Waals surface area contributed by atoms with Crippen molar-refractivity contribution >= 4 is 61.3 Å². The van der Waals surface area contributed by atoms with Crippen molar-refractivity contribution in [2.24, 2.45) is 4.99 Å². The highest BCUT2D eigenvalue weighted by Crippen LogP contribution is 2.35. The van der Waals surface area contributed by atoms with E-state index in [2.05, 4.69) is 23.2 Å². The molecule has 0 bridgehead atoms. The zero-order valence-electron chi connectivity index (χ0n) is 10.6. The van der Waals surface area contributed by atoms with Gasteiger partial charge in [-0.05, 0) is 24.3 Å². The van der Waals surface area contributed by atoms with Gasteiger partial charge in [-0.2, -0.15) is 0 Å². The van der Waals surface area contributed by atoms with Crippen LogP contribution in [-0.2, 0) is 0 Å². The first-order valence-electron chi connectivity index (χ1n) is 6.05. The minimum absolute atomic E-state index is 0.534. The van der Waals surface area contributed by atoms with Crippen molar-refractivity contribution in [2.75, 3.05) is 0 Å². The van der Waals surface area contributed by atoms with Crippen molar-refractivity contribution < 1.29 is 0 Å². The molecule has 1 nitrogen and oxygen atoms in total. The van der Waals surface area contributed by atoms with Crippen molar-refractivity contribution in [3.05, 3.63) is 68.6 Å². The Morgan fingerprint density at radius 3 is 2.29 bits per heavy atom. The van der Waals surface area contributed by atoms with Crippen LogP contribution in [0.1, 0.15) is 0 Å². The van der Waals surface area contributed by atoms with Crippen molar-refractivity contribution in [2.45, 2.75) is 9.79 Å². The monoisotopic (exact) mass is 369 g/mol. The average molecular weight is 370 g/mol. The molecule has 0 saturated heterocycles. The molecule has 1 heterocycles. The highest BCUT2D eigenvalue weighted by molar-refractivity contribution is 7.99. The third-order valence-electron chi connectivity index (χ3n) is 2.61. The summed E-state index contributed by atoms with van der Waals surface area (Å²) in [5, 5.41) is 0.534. The van der Waals surface area contributed by atoms with Crippen LogP contribution in [0.15, 0.2) is 69.4 Å². The Morgan fingerprint density at radius 2 is 1.57 bits per heavy atom. The first kappa shape index (κ1) is 15.1. The van der Waals surface area contributed by atoms with Gasteiger partial charge in [0.2, 0.25) is 0 Å². The van der Waals surface area contributed by atoms with Gasteiger partial charge in [-0.1, -0.05) is 86.0 Å². The van der Waals surface area contributed by atoms with Gasteiger partial charge >= 0.3 is 0 Å². The van der Waals surface area contributed by atoms with E-state index in [0.717, 1.165) is 15.3 Å². The van der Waals surface area contributed by atoms with Crippen LogP contribution in [0, 0.1) is 0 Å². The van der Waals surface area contributed by atoms with Gasteiger partial charge in [0.1, 0.15) is 14.0 Å². The van der Waals surface area contributed by atoms with E-state index in [1.807, 2.05) is 36.4 Å².